The molecule has 0 radical (unpaired) electrons. The lowest BCUT2D eigenvalue weighted by molar-refractivity contribution is -0.695. The fraction of sp³-hybridized carbons (Fsp3) is 1.00. The maximum atomic E-state index is 10.9. The molecule has 206 valence electrons. The number of aliphatic hydroxyl groups excluding tert-OH is 6. The maximum absolute atomic E-state index is 10.9. The Balaban J connectivity index is 0.00000137. The van der Waals surface area contributed by atoms with Gasteiger partial charge in [0.2, 0.25) is 0 Å². The summed E-state index contributed by atoms with van der Waals surface area (Å²) in [5.41, 5.74) is 6.99. The van der Waals surface area contributed by atoms with Gasteiger partial charge in [0.25, 0.3) is 0 Å². The summed E-state index contributed by atoms with van der Waals surface area (Å²) in [4.78, 5) is 0. The number of ether oxygens (including phenoxy) is 4. The fourth-order valence-corrected chi connectivity index (χ4v) is 4.71. The number of rotatable bonds is 6. The number of nitrogens with two attached hydrogens (primary N) is 3. The smallest absolute Gasteiger partial charge is 0.190 e. The highest BCUT2D eigenvalue weighted by molar-refractivity contribution is 4.96. The first-order valence-electron chi connectivity index (χ1n) is 11.5. The molecule has 2 aliphatic heterocycles. The van der Waals surface area contributed by atoms with E-state index in [1.54, 1.807) is 19.3 Å². The van der Waals surface area contributed by atoms with E-state index in [1.807, 2.05) is 0 Å². The van der Waals surface area contributed by atoms with E-state index in [0.29, 0.717) is 12.8 Å². The molecule has 13 atom stereocenters. The Bertz CT molecular complexity index is 663. The Kier molecular flexibility index (Phi) is 11.1. The molecule has 2 saturated heterocycles. The maximum Gasteiger partial charge on any atom is 0.190 e. The lowest BCUT2D eigenvalue weighted by Crippen LogP contribution is -2.96. The van der Waals surface area contributed by atoms with Gasteiger partial charge in [-0.3, -0.25) is 0 Å². The van der Waals surface area contributed by atoms with Crippen molar-refractivity contribution in [3.05, 3.63) is 0 Å². The van der Waals surface area contributed by atoms with Crippen LogP contribution in [-0.4, -0.2) is 135 Å². The minimum atomic E-state index is -1.60. The topological polar surface area (TPSA) is 287 Å². The van der Waals surface area contributed by atoms with E-state index < -0.39 is 79.7 Å². The molecule has 0 amide bonds. The highest BCUT2D eigenvalue weighted by Crippen LogP contribution is 2.31. The molecule has 35 heavy (non-hydrogen) atoms. The second kappa shape index (κ2) is 12.9. The highest BCUT2D eigenvalue weighted by Gasteiger charge is 2.52. The fourth-order valence-electron chi connectivity index (χ4n) is 4.71. The van der Waals surface area contributed by atoms with Crippen LogP contribution in [0.25, 0.3) is 0 Å². The van der Waals surface area contributed by atoms with Gasteiger partial charge < -0.3 is 65.7 Å². The molecular formula is C19H42N5O11+3. The molecule has 0 aromatic heterocycles. The predicted molar refractivity (Wildman–Crippen MR) is 112 cm³/mol. The number of quaternary nitrogens is 2. The van der Waals surface area contributed by atoms with E-state index in [9.17, 15) is 35.7 Å². The van der Waals surface area contributed by atoms with Crippen LogP contribution in [0.2, 0.25) is 0 Å². The first kappa shape index (κ1) is 30.1. The summed E-state index contributed by atoms with van der Waals surface area (Å²) in [6.45, 7) is 0.890. The van der Waals surface area contributed by atoms with Crippen molar-refractivity contribution in [1.29, 1.82) is 0 Å². The van der Waals surface area contributed by atoms with Gasteiger partial charge in [0.05, 0.1) is 31.6 Å². The summed E-state index contributed by atoms with van der Waals surface area (Å²) in [6, 6.07) is -0.964. The third kappa shape index (κ3) is 6.80. The minimum Gasteiger partial charge on any atom is -0.394 e. The largest absolute Gasteiger partial charge is 0.394 e. The van der Waals surface area contributed by atoms with E-state index in [0.717, 1.165) is 0 Å². The molecule has 0 aromatic rings. The molecule has 3 fully saturated rings. The van der Waals surface area contributed by atoms with Crippen LogP contribution >= 0.6 is 0 Å². The Labute approximate surface area is 202 Å². The normalized spacial score (nSPS) is 48.5. The number of nitrogens with zero attached hydrogens (tertiary/aromatic N) is 1. The van der Waals surface area contributed by atoms with Crippen molar-refractivity contribution in [1.82, 2.24) is 0 Å². The van der Waals surface area contributed by atoms with Gasteiger partial charge in [0, 0.05) is 6.42 Å². The van der Waals surface area contributed by atoms with Crippen molar-refractivity contribution in [2.75, 3.05) is 20.3 Å². The van der Waals surface area contributed by atoms with Crippen LogP contribution < -0.4 is 22.4 Å². The van der Waals surface area contributed by atoms with E-state index in [1.165, 1.54) is 0 Å². The molecular weight excluding hydrogens is 474 g/mol. The number of aliphatic hydroxyl groups is 7. The van der Waals surface area contributed by atoms with Crippen LogP contribution in [0.4, 0.5) is 0 Å². The lowest BCUT2D eigenvalue weighted by atomic mass is 9.87. The Morgan fingerprint density at radius 3 is 2.26 bits per heavy atom. The predicted octanol–water partition coefficient (Wildman–Crippen LogP) is -8.58. The molecule has 0 spiro atoms. The van der Waals surface area contributed by atoms with Crippen molar-refractivity contribution in [2.24, 2.45) is 11.1 Å². The second-order valence-electron chi connectivity index (χ2n) is 9.34. The van der Waals surface area contributed by atoms with Gasteiger partial charge in [-0.25, -0.2) is 0 Å². The molecule has 0 unspecified atom stereocenters. The molecule has 1 saturated carbocycles. The molecule has 1 aliphatic carbocycles. The van der Waals surface area contributed by atoms with Crippen LogP contribution in [0, 0.1) is 0 Å². The SMILES string of the molecule is C[NH2+][C@@H]1[C@@H](O)[C@@H](O[C@@H]2[C@@H](O)[C@H](O[C@H]3O[C@H](CO)[C@@H](O)[C@H](O)[C@H]3O)CC[C@H]2[NH3+])OC[C@]1(C)O.NN=[NH2+]. The zero-order valence-corrected chi connectivity index (χ0v) is 19.9. The quantitative estimate of drug-likeness (QED) is 0.0891. The Morgan fingerprint density at radius 1 is 1.06 bits per heavy atom. The standard InChI is InChI=1S/C19H36N2O11.H3N3/c1-19(28)6-29-17(14(27)16(19)21-2)32-15-7(20)3-4-8(11(15)24)30-18-13(26)12(25)10(23)9(5-22)31-18;1-3-2/h7-18,21-28H,3-6,20H2,1-2H3;(H3,1,2)/p+3/t7-,8-,9-,10-,11+,12+,13-,14-,15+,16-,17-,18+,19+;/m1./s1. The van der Waals surface area contributed by atoms with Gasteiger partial charge in [0.1, 0.15) is 54.3 Å². The molecule has 16 nitrogen and oxygen atoms in total. The van der Waals surface area contributed by atoms with Crippen molar-refractivity contribution in [3.8, 4) is 0 Å². The van der Waals surface area contributed by atoms with Gasteiger partial charge in [0.15, 0.2) is 18.7 Å². The van der Waals surface area contributed by atoms with Gasteiger partial charge in [-0.05, 0) is 13.3 Å². The van der Waals surface area contributed by atoms with Crippen LogP contribution in [0.3, 0.4) is 0 Å². The van der Waals surface area contributed by atoms with Gasteiger partial charge in [-0.2, -0.15) is 11.4 Å². The van der Waals surface area contributed by atoms with Crippen LogP contribution in [-0.2, 0) is 18.9 Å². The zero-order valence-electron chi connectivity index (χ0n) is 19.9. The van der Waals surface area contributed by atoms with Crippen molar-refractivity contribution in [2.45, 2.75) is 98.9 Å². The minimum absolute atomic E-state index is 0.0703. The second-order valence-corrected chi connectivity index (χ2v) is 9.34. The summed E-state index contributed by atoms with van der Waals surface area (Å²) in [7, 11) is 1.72. The third-order valence-corrected chi connectivity index (χ3v) is 6.72. The molecule has 0 aromatic carbocycles. The average molecular weight is 517 g/mol. The van der Waals surface area contributed by atoms with Crippen LogP contribution in [0.15, 0.2) is 5.22 Å². The summed E-state index contributed by atoms with van der Waals surface area (Å²) in [6.07, 6.45) is -11.7. The third-order valence-electron chi connectivity index (χ3n) is 6.72. The first-order chi connectivity index (χ1) is 16.4. The van der Waals surface area contributed by atoms with E-state index in [2.05, 4.69) is 22.3 Å². The van der Waals surface area contributed by atoms with Crippen molar-refractivity contribution in [3.63, 3.8) is 0 Å². The Morgan fingerprint density at radius 2 is 1.69 bits per heavy atom. The number of hydrogen-bond donors (Lipinski definition) is 11. The molecule has 3 aliphatic rings. The van der Waals surface area contributed by atoms with Crippen molar-refractivity contribution < 1.29 is 71.3 Å². The molecule has 0 bridgehead atoms. The monoisotopic (exact) mass is 516 g/mol. The average Bonchev–Trinajstić information content (AvgIpc) is 2.80. The van der Waals surface area contributed by atoms with Crippen LogP contribution in [0.1, 0.15) is 19.8 Å². The molecule has 16 heteroatoms. The Hall–Kier alpha value is -1.12. The zero-order chi connectivity index (χ0) is 26.5. The molecule has 16 N–H and O–H groups in total. The number of hydrogen-bond acceptors (Lipinski definition) is 12. The molecule has 2 heterocycles. The summed E-state index contributed by atoms with van der Waals surface area (Å²) >= 11 is 0. The lowest BCUT2D eigenvalue weighted by Gasteiger charge is -2.45. The first-order valence-corrected chi connectivity index (χ1v) is 11.5. The summed E-state index contributed by atoms with van der Waals surface area (Å²) in [5, 5.41) is 75.6. The summed E-state index contributed by atoms with van der Waals surface area (Å²) in [5.74, 6) is 4.25. The van der Waals surface area contributed by atoms with Crippen molar-refractivity contribution >= 4 is 0 Å². The van der Waals surface area contributed by atoms with Gasteiger partial charge in [-0.1, -0.05) is 0 Å². The highest BCUT2D eigenvalue weighted by atomic mass is 16.7. The summed E-state index contributed by atoms with van der Waals surface area (Å²) < 4.78 is 22.5. The van der Waals surface area contributed by atoms with Gasteiger partial charge >= 0.3 is 0 Å². The van der Waals surface area contributed by atoms with Gasteiger partial charge in [-0.15, -0.1) is 0 Å². The van der Waals surface area contributed by atoms with E-state index in [-0.39, 0.29) is 12.6 Å². The number of likely N-dealkylation sites (N-methyl/N-ethyl adjacent to an activating group) is 1. The van der Waals surface area contributed by atoms with E-state index >= 15 is 0 Å². The molecule has 3 rings (SSSR count). The van der Waals surface area contributed by atoms with Crippen LogP contribution in [0.5, 0.6) is 0 Å². The van der Waals surface area contributed by atoms with E-state index in [4.69, 9.17) is 18.9 Å².